The molecule has 8 aromatic rings. The third-order valence-electron chi connectivity index (χ3n) is 13.6. The molecular formula is C57H53BO3. The zero-order valence-electron chi connectivity index (χ0n) is 37.0. The zero-order valence-corrected chi connectivity index (χ0v) is 37.0. The molecule has 0 atom stereocenters. The molecule has 0 radical (unpaired) electrons. The van der Waals surface area contributed by atoms with Gasteiger partial charge in [0.05, 0.1) is 5.39 Å². The van der Waals surface area contributed by atoms with Crippen LogP contribution in [0.4, 0.5) is 0 Å². The van der Waals surface area contributed by atoms with Gasteiger partial charge >= 0.3 is 0 Å². The maximum absolute atomic E-state index is 7.28. The van der Waals surface area contributed by atoms with E-state index in [2.05, 4.69) is 184 Å². The molecule has 2 aliphatic heterocycles. The molecule has 3 nitrogen and oxygen atoms in total. The Morgan fingerprint density at radius 3 is 1.62 bits per heavy atom. The first-order valence-corrected chi connectivity index (χ1v) is 22.1. The van der Waals surface area contributed by atoms with Crippen LogP contribution in [0.3, 0.4) is 0 Å². The quantitative estimate of drug-likeness (QED) is 0.167. The number of rotatable bonds is 3. The SMILES string of the molecule is CC(C)(C)c1ccc(-c2cc(-c3ccc(C(C)(C)C)cc3)cc(-c3cc4c5c(c3)Oc3c(ccc6oc7c8c(ccc7c36)CCC8)B5c3cc(C(C)(C)C)ccc3O4)c2)cc1. The van der Waals surface area contributed by atoms with E-state index in [1.165, 1.54) is 62.0 Å². The summed E-state index contributed by atoms with van der Waals surface area (Å²) < 4.78 is 21.0. The molecule has 0 amide bonds. The minimum absolute atomic E-state index is 0.0239. The number of furan rings is 1. The molecule has 0 spiro atoms. The molecule has 0 fully saturated rings. The number of hydrogen-bond donors (Lipinski definition) is 0. The summed E-state index contributed by atoms with van der Waals surface area (Å²) in [6.45, 7) is 20.4. The van der Waals surface area contributed by atoms with Gasteiger partial charge in [-0.1, -0.05) is 141 Å². The minimum atomic E-state index is -0.0674. The lowest BCUT2D eigenvalue weighted by molar-refractivity contribution is 0.467. The lowest BCUT2D eigenvalue weighted by Crippen LogP contribution is -2.57. The Kier molecular flexibility index (Phi) is 8.25. The van der Waals surface area contributed by atoms with Crippen LogP contribution in [-0.2, 0) is 29.1 Å². The standard InChI is InChI=1S/C57H53BO3/c1-55(2,3)40-18-13-33(14-19-40)36-27-37(34-15-20-41(21-16-34)56(4,5)6)29-38(28-36)39-30-49-52-50(31-39)61-54-45(58(52)46-32-42(57(7,8)9)22-25-47(46)59-49)24-26-48-51(54)44-23-17-35-11-10-12-43(35)53(44)60-48/h13-32H,10-12H2,1-9H3. The highest BCUT2D eigenvalue weighted by Crippen LogP contribution is 2.46. The fourth-order valence-electron chi connectivity index (χ4n) is 10.0. The van der Waals surface area contributed by atoms with E-state index in [9.17, 15) is 0 Å². The van der Waals surface area contributed by atoms with Crippen LogP contribution in [0.5, 0.6) is 23.0 Å². The van der Waals surface area contributed by atoms with E-state index in [-0.39, 0.29) is 23.0 Å². The normalized spacial score (nSPS) is 14.3. The molecule has 1 aromatic heterocycles. The van der Waals surface area contributed by atoms with Crippen molar-refractivity contribution < 1.29 is 13.9 Å². The van der Waals surface area contributed by atoms with Crippen molar-refractivity contribution in [2.75, 3.05) is 0 Å². The van der Waals surface area contributed by atoms with Gasteiger partial charge in [-0.15, -0.1) is 0 Å². The topological polar surface area (TPSA) is 31.6 Å². The van der Waals surface area contributed by atoms with Gasteiger partial charge in [0.15, 0.2) is 0 Å². The van der Waals surface area contributed by atoms with Gasteiger partial charge in [0, 0.05) is 10.8 Å². The second kappa shape index (κ2) is 13.3. The summed E-state index contributed by atoms with van der Waals surface area (Å²) in [5, 5.41) is 2.19. The Balaban J connectivity index is 1.12. The van der Waals surface area contributed by atoms with Crippen molar-refractivity contribution in [3.63, 3.8) is 0 Å². The number of aryl methyl sites for hydroxylation is 2. The lowest BCUT2D eigenvalue weighted by atomic mass is 9.34. The smallest absolute Gasteiger partial charge is 0.260 e. The highest BCUT2D eigenvalue weighted by molar-refractivity contribution is 6.98. The average molecular weight is 797 g/mol. The summed E-state index contributed by atoms with van der Waals surface area (Å²) in [7, 11) is 0. The number of benzene rings is 7. The first kappa shape index (κ1) is 38.0. The maximum Gasteiger partial charge on any atom is 0.260 e. The summed E-state index contributed by atoms with van der Waals surface area (Å²) >= 11 is 0. The van der Waals surface area contributed by atoms with Crippen molar-refractivity contribution in [1.29, 1.82) is 0 Å². The van der Waals surface area contributed by atoms with Crippen molar-refractivity contribution >= 4 is 45.0 Å². The summed E-state index contributed by atoms with van der Waals surface area (Å²) in [4.78, 5) is 0. The van der Waals surface area contributed by atoms with Crippen molar-refractivity contribution in [3.05, 3.63) is 149 Å². The predicted octanol–water partition coefficient (Wildman–Crippen LogP) is 13.7. The second-order valence-electron chi connectivity index (χ2n) is 20.9. The molecule has 0 bridgehead atoms. The van der Waals surface area contributed by atoms with Crippen LogP contribution >= 0.6 is 0 Å². The Morgan fingerprint density at radius 1 is 0.459 bits per heavy atom. The van der Waals surface area contributed by atoms with E-state index in [0.717, 1.165) is 79.8 Å². The van der Waals surface area contributed by atoms with Crippen molar-refractivity contribution in [1.82, 2.24) is 0 Å². The second-order valence-corrected chi connectivity index (χ2v) is 20.9. The fraction of sp³-hybridized carbons (Fsp3) is 0.263. The van der Waals surface area contributed by atoms with Crippen molar-refractivity contribution in [2.45, 2.75) is 97.8 Å². The Morgan fingerprint density at radius 2 is 1.02 bits per heavy atom. The van der Waals surface area contributed by atoms with Gasteiger partial charge in [-0.25, -0.2) is 0 Å². The average Bonchev–Trinajstić information content (AvgIpc) is 3.87. The van der Waals surface area contributed by atoms with Crippen LogP contribution < -0.4 is 25.9 Å². The van der Waals surface area contributed by atoms with Crippen LogP contribution in [-0.4, -0.2) is 6.71 Å². The molecule has 0 saturated carbocycles. The zero-order chi connectivity index (χ0) is 42.2. The molecule has 0 unspecified atom stereocenters. The molecule has 0 saturated heterocycles. The molecule has 3 heterocycles. The van der Waals surface area contributed by atoms with E-state index < -0.39 is 0 Å². The molecule has 7 aromatic carbocycles. The lowest BCUT2D eigenvalue weighted by Gasteiger charge is -2.34. The third kappa shape index (κ3) is 6.24. The van der Waals surface area contributed by atoms with E-state index >= 15 is 0 Å². The van der Waals surface area contributed by atoms with Crippen LogP contribution in [0.15, 0.2) is 126 Å². The van der Waals surface area contributed by atoms with Crippen molar-refractivity contribution in [3.8, 4) is 56.4 Å². The van der Waals surface area contributed by atoms with E-state index in [4.69, 9.17) is 13.9 Å². The van der Waals surface area contributed by atoms with Crippen LogP contribution in [0.25, 0.3) is 55.3 Å². The van der Waals surface area contributed by atoms with Gasteiger partial charge in [0.25, 0.3) is 6.71 Å². The summed E-state index contributed by atoms with van der Waals surface area (Å²) in [6, 6.07) is 45.4. The highest BCUT2D eigenvalue weighted by Gasteiger charge is 2.42. The van der Waals surface area contributed by atoms with Crippen LogP contribution in [0.1, 0.15) is 96.6 Å². The van der Waals surface area contributed by atoms with Crippen LogP contribution in [0.2, 0.25) is 0 Å². The summed E-state index contributed by atoms with van der Waals surface area (Å²) in [5.74, 6) is 3.45. The van der Waals surface area contributed by atoms with Gasteiger partial charge in [-0.3, -0.25) is 0 Å². The molecule has 61 heavy (non-hydrogen) atoms. The number of fused-ring (bicyclic) bond motifs is 10. The Bertz CT molecular complexity index is 3010. The molecule has 4 heteroatoms. The Labute approximate surface area is 360 Å². The number of hydrogen-bond acceptors (Lipinski definition) is 3. The van der Waals surface area contributed by atoms with Gasteiger partial charge in [0.1, 0.15) is 34.2 Å². The monoisotopic (exact) mass is 796 g/mol. The largest absolute Gasteiger partial charge is 0.458 e. The van der Waals surface area contributed by atoms with Gasteiger partial charge in [-0.2, -0.15) is 0 Å². The molecule has 11 rings (SSSR count). The van der Waals surface area contributed by atoms with Crippen LogP contribution in [0, 0.1) is 0 Å². The molecule has 0 N–H and O–H groups in total. The molecule has 1 aliphatic carbocycles. The summed E-state index contributed by atoms with van der Waals surface area (Å²) in [5.41, 5.74) is 19.0. The van der Waals surface area contributed by atoms with E-state index in [1.807, 2.05) is 0 Å². The molecule has 302 valence electrons. The summed E-state index contributed by atoms with van der Waals surface area (Å²) in [6.07, 6.45) is 3.33. The first-order valence-electron chi connectivity index (χ1n) is 22.1. The van der Waals surface area contributed by atoms with E-state index in [1.54, 1.807) is 0 Å². The highest BCUT2D eigenvalue weighted by atomic mass is 16.5. The van der Waals surface area contributed by atoms with E-state index in [0.29, 0.717) is 0 Å². The number of ether oxygens (including phenoxy) is 2. The Hall–Kier alpha value is -6.00. The van der Waals surface area contributed by atoms with Gasteiger partial charge < -0.3 is 13.9 Å². The minimum Gasteiger partial charge on any atom is -0.458 e. The first-order chi connectivity index (χ1) is 29.1. The van der Waals surface area contributed by atoms with Gasteiger partial charge in [0.2, 0.25) is 0 Å². The fourth-order valence-corrected chi connectivity index (χ4v) is 10.0. The van der Waals surface area contributed by atoms with Crippen molar-refractivity contribution in [2.24, 2.45) is 0 Å². The molecule has 3 aliphatic rings. The van der Waals surface area contributed by atoms with Gasteiger partial charge in [-0.05, 0) is 150 Å². The molecular weight excluding hydrogens is 743 g/mol. The third-order valence-corrected chi connectivity index (χ3v) is 13.6. The maximum atomic E-state index is 7.28. The predicted molar refractivity (Wildman–Crippen MR) is 256 cm³/mol.